The van der Waals surface area contributed by atoms with Crippen molar-refractivity contribution in [3.63, 3.8) is 0 Å². The van der Waals surface area contributed by atoms with Crippen molar-refractivity contribution in [1.29, 1.82) is 0 Å². The Morgan fingerprint density at radius 2 is 1.16 bits per heavy atom. The molecule has 0 saturated carbocycles. The second-order valence-electron chi connectivity index (χ2n) is 8.65. The molecule has 0 rings (SSSR count). The number of phosphoric acid groups is 1. The van der Waals surface area contributed by atoms with E-state index in [9.17, 15) is 14.5 Å². The van der Waals surface area contributed by atoms with Crippen molar-refractivity contribution in [3.8, 4) is 0 Å². The molecule has 0 saturated heterocycles. The highest BCUT2D eigenvalue weighted by Gasteiger charge is 2.17. The van der Waals surface area contributed by atoms with Crippen LogP contribution in [0.2, 0.25) is 0 Å². The van der Waals surface area contributed by atoms with Crippen LogP contribution in [0.5, 0.6) is 0 Å². The molecule has 31 heavy (non-hydrogen) atoms. The molecule has 0 aromatic heterocycles. The Labute approximate surface area is 190 Å². The van der Waals surface area contributed by atoms with Gasteiger partial charge in [0, 0.05) is 13.0 Å². The molecule has 4 N–H and O–H groups in total. The molecule has 1 unspecified atom stereocenters. The molecule has 7 nitrogen and oxygen atoms in total. The maximum atomic E-state index is 11.7. The lowest BCUT2D eigenvalue weighted by Gasteiger charge is -2.12. The molecule has 0 aliphatic carbocycles. The molecule has 0 aromatic rings. The molecule has 8 heteroatoms. The Hall–Kier alpha value is -0.460. The number of aliphatic hydroxyl groups excluding tert-OH is 1. The molecular weight excluding hydrogens is 417 g/mol. The summed E-state index contributed by atoms with van der Waals surface area (Å²) in [5.74, 6) is -0.156. The zero-order valence-electron chi connectivity index (χ0n) is 19.7. The lowest BCUT2D eigenvalue weighted by Crippen LogP contribution is -2.34. The van der Waals surface area contributed by atoms with Gasteiger partial charge in [-0.05, 0) is 6.42 Å². The van der Waals surface area contributed by atoms with Crippen LogP contribution >= 0.6 is 7.82 Å². The number of hydrogen-bond acceptors (Lipinski definition) is 4. The maximum Gasteiger partial charge on any atom is 0.469 e. The first kappa shape index (κ1) is 30.5. The van der Waals surface area contributed by atoms with E-state index < -0.39 is 20.5 Å². The fraction of sp³-hybridized carbons (Fsp3) is 0.957. The van der Waals surface area contributed by atoms with Crippen LogP contribution in [-0.2, 0) is 13.9 Å². The van der Waals surface area contributed by atoms with Gasteiger partial charge < -0.3 is 20.2 Å². The van der Waals surface area contributed by atoms with Crippen molar-refractivity contribution in [2.24, 2.45) is 0 Å². The first-order valence-corrected chi connectivity index (χ1v) is 14.0. The van der Waals surface area contributed by atoms with Crippen LogP contribution < -0.4 is 5.32 Å². The van der Waals surface area contributed by atoms with Gasteiger partial charge >= 0.3 is 7.82 Å². The average Bonchev–Trinajstić information content (AvgIpc) is 2.72. The van der Waals surface area contributed by atoms with Crippen LogP contribution in [-0.4, -0.2) is 40.1 Å². The molecule has 0 bridgehead atoms. The van der Waals surface area contributed by atoms with Gasteiger partial charge in [-0.2, -0.15) is 0 Å². The van der Waals surface area contributed by atoms with Crippen LogP contribution in [0.1, 0.15) is 122 Å². The van der Waals surface area contributed by atoms with E-state index in [1.165, 1.54) is 89.9 Å². The molecule has 0 aliphatic rings. The Morgan fingerprint density at radius 1 is 0.774 bits per heavy atom. The lowest BCUT2D eigenvalue weighted by molar-refractivity contribution is -0.121. The number of unbranched alkanes of at least 4 members (excludes halogenated alkanes) is 16. The molecule has 1 amide bonds. The molecule has 0 heterocycles. The molecule has 1 atom stereocenters. The lowest BCUT2D eigenvalue weighted by atomic mass is 10.0. The minimum atomic E-state index is -4.59. The predicted octanol–water partition coefficient (Wildman–Crippen LogP) is 5.61. The average molecular weight is 466 g/mol. The largest absolute Gasteiger partial charge is 0.469 e. The molecular formula is C23H48NO6P. The summed E-state index contributed by atoms with van der Waals surface area (Å²) in [6.07, 6.45) is 21.3. The molecule has 0 radical (unpaired) electrons. The molecule has 0 aliphatic heterocycles. The highest BCUT2D eigenvalue weighted by Crippen LogP contribution is 2.35. The Morgan fingerprint density at radius 3 is 1.55 bits per heavy atom. The van der Waals surface area contributed by atoms with Crippen LogP contribution in [0.3, 0.4) is 0 Å². The van der Waals surface area contributed by atoms with E-state index in [0.717, 1.165) is 19.3 Å². The number of aliphatic hydroxyl groups is 1. The first-order chi connectivity index (χ1) is 14.8. The number of phosphoric ester groups is 1. The van der Waals surface area contributed by atoms with Gasteiger partial charge in [-0.15, -0.1) is 0 Å². The van der Waals surface area contributed by atoms with Gasteiger partial charge in [0.15, 0.2) is 0 Å². The van der Waals surface area contributed by atoms with E-state index in [0.29, 0.717) is 6.42 Å². The molecule has 0 fully saturated rings. The third-order valence-corrected chi connectivity index (χ3v) is 5.96. The van der Waals surface area contributed by atoms with E-state index in [1.54, 1.807) is 0 Å². The summed E-state index contributed by atoms with van der Waals surface area (Å²) in [5, 5.41) is 12.1. The van der Waals surface area contributed by atoms with Crippen molar-refractivity contribution >= 4 is 13.7 Å². The van der Waals surface area contributed by atoms with Crippen molar-refractivity contribution in [1.82, 2.24) is 5.32 Å². The standard InChI is InChI=1S/C23H48NO6P/c1-2-3-4-5-6-7-8-9-10-11-12-13-14-15-16-17-18-19-23(26)24-20-22(25)21-30-31(27,28)29/h22,25H,2-21H2,1H3,(H,24,26)(H2,27,28,29). The Balaban J connectivity index is 3.27. The van der Waals surface area contributed by atoms with Gasteiger partial charge in [-0.25, -0.2) is 4.57 Å². The van der Waals surface area contributed by atoms with Crippen LogP contribution in [0.25, 0.3) is 0 Å². The number of nitrogens with one attached hydrogen (secondary N) is 1. The molecule has 0 spiro atoms. The fourth-order valence-electron chi connectivity index (χ4n) is 3.57. The SMILES string of the molecule is CCCCCCCCCCCCCCCCCCCC(=O)NCC(O)COP(=O)(O)O. The summed E-state index contributed by atoms with van der Waals surface area (Å²) in [6, 6.07) is 0. The predicted molar refractivity (Wildman–Crippen MR) is 126 cm³/mol. The van der Waals surface area contributed by atoms with Crippen molar-refractivity contribution in [2.45, 2.75) is 129 Å². The summed E-state index contributed by atoms with van der Waals surface area (Å²) < 4.78 is 14.7. The zero-order chi connectivity index (χ0) is 23.2. The highest BCUT2D eigenvalue weighted by atomic mass is 31.2. The monoisotopic (exact) mass is 465 g/mol. The van der Waals surface area contributed by atoms with Crippen LogP contribution in [0.4, 0.5) is 0 Å². The fourth-order valence-corrected chi connectivity index (χ4v) is 3.94. The second-order valence-corrected chi connectivity index (χ2v) is 9.89. The summed E-state index contributed by atoms with van der Waals surface area (Å²) in [7, 11) is -4.59. The van der Waals surface area contributed by atoms with Gasteiger partial charge in [0.1, 0.15) is 0 Å². The topological polar surface area (TPSA) is 116 Å². The maximum absolute atomic E-state index is 11.7. The quantitative estimate of drug-likeness (QED) is 0.115. The smallest absolute Gasteiger partial charge is 0.389 e. The van der Waals surface area contributed by atoms with E-state index in [-0.39, 0.29) is 12.5 Å². The minimum absolute atomic E-state index is 0.0716. The van der Waals surface area contributed by atoms with Gasteiger partial charge in [0.2, 0.25) is 5.91 Å². The first-order valence-electron chi connectivity index (χ1n) is 12.5. The van der Waals surface area contributed by atoms with Gasteiger partial charge in [-0.1, -0.05) is 110 Å². The number of hydrogen-bond donors (Lipinski definition) is 4. The third-order valence-electron chi connectivity index (χ3n) is 5.48. The summed E-state index contributed by atoms with van der Waals surface area (Å²) in [5.41, 5.74) is 0. The number of amides is 1. The number of carbonyl (C=O) groups excluding carboxylic acids is 1. The van der Waals surface area contributed by atoms with E-state index >= 15 is 0 Å². The van der Waals surface area contributed by atoms with Crippen LogP contribution in [0, 0.1) is 0 Å². The van der Waals surface area contributed by atoms with E-state index in [2.05, 4.69) is 16.8 Å². The van der Waals surface area contributed by atoms with Crippen molar-refractivity contribution < 1.29 is 28.8 Å². The normalized spacial score (nSPS) is 12.8. The third kappa shape index (κ3) is 25.7. The molecule has 186 valence electrons. The van der Waals surface area contributed by atoms with E-state index in [1.807, 2.05) is 0 Å². The Bertz CT molecular complexity index is 457. The minimum Gasteiger partial charge on any atom is -0.389 e. The van der Waals surface area contributed by atoms with E-state index in [4.69, 9.17) is 9.79 Å². The van der Waals surface area contributed by atoms with Gasteiger partial charge in [-0.3, -0.25) is 9.32 Å². The summed E-state index contributed by atoms with van der Waals surface area (Å²) >= 11 is 0. The van der Waals surface area contributed by atoms with Crippen LogP contribution in [0.15, 0.2) is 0 Å². The zero-order valence-corrected chi connectivity index (χ0v) is 20.6. The van der Waals surface area contributed by atoms with Crippen molar-refractivity contribution in [3.05, 3.63) is 0 Å². The van der Waals surface area contributed by atoms with Gasteiger partial charge in [0.05, 0.1) is 12.7 Å². The Kier molecular flexibility index (Phi) is 21.1. The highest BCUT2D eigenvalue weighted by molar-refractivity contribution is 7.46. The van der Waals surface area contributed by atoms with Gasteiger partial charge in [0.25, 0.3) is 0 Å². The number of rotatable bonds is 23. The summed E-state index contributed by atoms with van der Waals surface area (Å²) in [4.78, 5) is 28.8. The second kappa shape index (κ2) is 21.4. The summed E-state index contributed by atoms with van der Waals surface area (Å²) in [6.45, 7) is 1.68. The van der Waals surface area contributed by atoms with Crippen molar-refractivity contribution in [2.75, 3.05) is 13.2 Å². The number of carbonyl (C=O) groups is 1. The molecule has 0 aromatic carbocycles.